The van der Waals surface area contributed by atoms with E-state index >= 15 is 0 Å². The maximum atomic E-state index is 5.74. The molecule has 0 radical (unpaired) electrons. The molecule has 1 N–H and O–H groups in total. The van der Waals surface area contributed by atoms with Crippen molar-refractivity contribution in [1.82, 2.24) is 10.2 Å². The highest BCUT2D eigenvalue weighted by molar-refractivity contribution is 4.90. The molecule has 0 bridgehead atoms. The summed E-state index contributed by atoms with van der Waals surface area (Å²) in [5, 5.41) is 3.64. The van der Waals surface area contributed by atoms with Crippen LogP contribution >= 0.6 is 0 Å². The van der Waals surface area contributed by atoms with Crippen molar-refractivity contribution >= 4 is 0 Å². The van der Waals surface area contributed by atoms with Gasteiger partial charge >= 0.3 is 0 Å². The van der Waals surface area contributed by atoms with Gasteiger partial charge in [-0.05, 0) is 71.9 Å². The first-order chi connectivity index (χ1) is 8.96. The van der Waals surface area contributed by atoms with Crippen LogP contribution in [0.2, 0.25) is 0 Å². The Balaban J connectivity index is 1.57. The first-order valence-electron chi connectivity index (χ1n) is 7.99. The van der Waals surface area contributed by atoms with Crippen LogP contribution in [-0.4, -0.2) is 49.8 Å². The Morgan fingerprint density at radius 1 is 1.16 bits per heavy atom. The van der Waals surface area contributed by atoms with E-state index < -0.39 is 0 Å². The van der Waals surface area contributed by atoms with Crippen molar-refractivity contribution in [2.24, 2.45) is 11.8 Å². The van der Waals surface area contributed by atoms with Crippen LogP contribution in [0.1, 0.15) is 46.5 Å². The van der Waals surface area contributed by atoms with Gasteiger partial charge in [-0.2, -0.15) is 0 Å². The highest BCUT2D eigenvalue weighted by atomic mass is 16.5. The lowest BCUT2D eigenvalue weighted by Gasteiger charge is -2.44. The van der Waals surface area contributed by atoms with E-state index in [4.69, 9.17) is 4.74 Å². The van der Waals surface area contributed by atoms with Crippen LogP contribution in [-0.2, 0) is 4.74 Å². The van der Waals surface area contributed by atoms with E-state index in [1.807, 2.05) is 0 Å². The molecule has 0 aliphatic heterocycles. The summed E-state index contributed by atoms with van der Waals surface area (Å²) in [6.07, 6.45) is 5.51. The lowest BCUT2D eigenvalue weighted by Crippen LogP contribution is -2.52. The van der Waals surface area contributed by atoms with Crippen LogP contribution in [0, 0.1) is 11.8 Å². The minimum atomic E-state index is 0.242. The normalized spacial score (nSPS) is 27.6. The second kappa shape index (κ2) is 6.55. The fraction of sp³-hybridized carbons (Fsp3) is 1.00. The summed E-state index contributed by atoms with van der Waals surface area (Å²) in [7, 11) is 2.26. The molecule has 0 heterocycles. The maximum Gasteiger partial charge on any atom is 0.0593 e. The predicted molar refractivity (Wildman–Crippen MR) is 80.4 cm³/mol. The number of hydrogen-bond acceptors (Lipinski definition) is 3. The number of nitrogens with zero attached hydrogens (tertiary/aromatic N) is 1. The van der Waals surface area contributed by atoms with Gasteiger partial charge in [-0.25, -0.2) is 0 Å². The molecule has 0 amide bonds. The average molecular weight is 268 g/mol. The first-order valence-corrected chi connectivity index (χ1v) is 7.99. The van der Waals surface area contributed by atoms with Crippen molar-refractivity contribution in [2.45, 2.75) is 58.0 Å². The smallest absolute Gasteiger partial charge is 0.0593 e. The Hall–Kier alpha value is -0.120. The molecule has 2 unspecified atom stereocenters. The van der Waals surface area contributed by atoms with Crippen molar-refractivity contribution in [1.29, 1.82) is 0 Å². The summed E-state index contributed by atoms with van der Waals surface area (Å²) >= 11 is 0. The van der Waals surface area contributed by atoms with E-state index in [1.54, 1.807) is 0 Å². The van der Waals surface area contributed by atoms with Gasteiger partial charge in [0.05, 0.1) is 6.61 Å². The average Bonchev–Trinajstić information content (AvgIpc) is 3.05. The molecule has 0 saturated heterocycles. The van der Waals surface area contributed by atoms with Gasteiger partial charge in [0.1, 0.15) is 0 Å². The molecule has 2 aliphatic carbocycles. The second-order valence-corrected chi connectivity index (χ2v) is 7.53. The Morgan fingerprint density at radius 3 is 2.42 bits per heavy atom. The van der Waals surface area contributed by atoms with Crippen molar-refractivity contribution in [2.75, 3.05) is 33.4 Å². The Kier molecular flexibility index (Phi) is 5.27. The molecule has 0 aromatic heterocycles. The minimum absolute atomic E-state index is 0.242. The van der Waals surface area contributed by atoms with Crippen LogP contribution < -0.4 is 5.32 Å². The van der Waals surface area contributed by atoms with E-state index in [1.165, 1.54) is 25.7 Å². The number of ether oxygens (including phenoxy) is 1. The summed E-state index contributed by atoms with van der Waals surface area (Å²) in [4.78, 5) is 2.51. The molecule has 0 aromatic carbocycles. The summed E-state index contributed by atoms with van der Waals surface area (Å²) in [5.41, 5.74) is 0.242. The van der Waals surface area contributed by atoms with Gasteiger partial charge in [-0.3, -0.25) is 0 Å². The molecule has 112 valence electrons. The van der Waals surface area contributed by atoms with Crippen molar-refractivity contribution < 1.29 is 4.74 Å². The quantitative estimate of drug-likeness (QED) is 0.685. The van der Waals surface area contributed by atoms with Gasteiger partial charge in [0.15, 0.2) is 0 Å². The van der Waals surface area contributed by atoms with Crippen LogP contribution in [0.5, 0.6) is 0 Å². The topological polar surface area (TPSA) is 24.5 Å². The van der Waals surface area contributed by atoms with Gasteiger partial charge < -0.3 is 15.0 Å². The third-order valence-corrected chi connectivity index (χ3v) is 4.48. The molecular weight excluding hydrogens is 236 g/mol. The Labute approximate surface area is 119 Å². The molecule has 2 aliphatic rings. The number of rotatable bonds is 8. The van der Waals surface area contributed by atoms with Crippen LogP contribution in [0.15, 0.2) is 0 Å². The lowest BCUT2D eigenvalue weighted by molar-refractivity contribution is 0.0421. The summed E-state index contributed by atoms with van der Waals surface area (Å²) < 4.78 is 5.74. The van der Waals surface area contributed by atoms with Crippen LogP contribution in [0.25, 0.3) is 0 Å². The second-order valence-electron chi connectivity index (χ2n) is 7.53. The maximum absolute atomic E-state index is 5.74. The highest BCUT2D eigenvalue weighted by Gasteiger charge is 2.34. The van der Waals surface area contributed by atoms with Gasteiger partial charge in [0.2, 0.25) is 0 Å². The Morgan fingerprint density at radius 2 is 1.89 bits per heavy atom. The van der Waals surface area contributed by atoms with E-state index in [0.29, 0.717) is 0 Å². The number of nitrogens with one attached hydrogen (secondary N) is 1. The molecule has 19 heavy (non-hydrogen) atoms. The SMILES string of the molecule is CN(CCOCC1CC1)C1CCC1CNC(C)(C)C. The third-order valence-electron chi connectivity index (χ3n) is 4.48. The van der Waals surface area contributed by atoms with E-state index in [0.717, 1.165) is 44.2 Å². The van der Waals surface area contributed by atoms with Crippen molar-refractivity contribution in [3.05, 3.63) is 0 Å². The fourth-order valence-electron chi connectivity index (χ4n) is 2.72. The highest BCUT2D eigenvalue weighted by Crippen LogP contribution is 2.31. The molecule has 0 spiro atoms. The zero-order valence-electron chi connectivity index (χ0n) is 13.2. The standard InChI is InChI=1S/C16H32N2O/c1-16(2,3)17-11-14-7-8-15(14)18(4)9-10-19-12-13-5-6-13/h13-15,17H,5-12H2,1-4H3. The van der Waals surface area contributed by atoms with E-state index in [2.05, 4.69) is 38.0 Å². The molecular formula is C16H32N2O. The van der Waals surface area contributed by atoms with E-state index in [-0.39, 0.29) is 5.54 Å². The largest absolute Gasteiger partial charge is 0.380 e. The molecule has 2 atom stereocenters. The number of likely N-dealkylation sites (N-methyl/N-ethyl adjacent to an activating group) is 1. The van der Waals surface area contributed by atoms with Gasteiger partial charge in [0, 0.05) is 24.7 Å². The van der Waals surface area contributed by atoms with Crippen molar-refractivity contribution in [3.8, 4) is 0 Å². The Bertz CT molecular complexity index is 270. The third kappa shape index (κ3) is 5.41. The molecule has 3 heteroatoms. The summed E-state index contributed by atoms with van der Waals surface area (Å²) in [6.45, 7) is 10.9. The van der Waals surface area contributed by atoms with Crippen LogP contribution in [0.4, 0.5) is 0 Å². The first kappa shape index (κ1) is 15.3. The molecule has 2 saturated carbocycles. The molecule has 2 fully saturated rings. The summed E-state index contributed by atoms with van der Waals surface area (Å²) in [6, 6.07) is 0.763. The predicted octanol–water partition coefficient (Wildman–Crippen LogP) is 2.51. The molecule has 2 rings (SSSR count). The summed E-state index contributed by atoms with van der Waals surface area (Å²) in [5.74, 6) is 1.71. The van der Waals surface area contributed by atoms with E-state index in [9.17, 15) is 0 Å². The van der Waals surface area contributed by atoms with Crippen LogP contribution in [0.3, 0.4) is 0 Å². The fourth-order valence-corrected chi connectivity index (χ4v) is 2.72. The lowest BCUT2D eigenvalue weighted by atomic mass is 9.78. The zero-order valence-corrected chi connectivity index (χ0v) is 13.2. The molecule has 0 aromatic rings. The zero-order chi connectivity index (χ0) is 13.9. The number of hydrogen-bond donors (Lipinski definition) is 1. The van der Waals surface area contributed by atoms with Gasteiger partial charge in [0.25, 0.3) is 0 Å². The monoisotopic (exact) mass is 268 g/mol. The van der Waals surface area contributed by atoms with Gasteiger partial charge in [-0.1, -0.05) is 0 Å². The van der Waals surface area contributed by atoms with Gasteiger partial charge in [-0.15, -0.1) is 0 Å². The minimum Gasteiger partial charge on any atom is -0.380 e. The molecule has 3 nitrogen and oxygen atoms in total. The van der Waals surface area contributed by atoms with Crippen molar-refractivity contribution in [3.63, 3.8) is 0 Å².